The topological polar surface area (TPSA) is 69.9 Å². The molecule has 1 aromatic heterocycles. The zero-order valence-electron chi connectivity index (χ0n) is 16.9. The number of hydrogen-bond acceptors (Lipinski definition) is 5. The lowest BCUT2D eigenvalue weighted by atomic mass is 10.1. The summed E-state index contributed by atoms with van der Waals surface area (Å²) in [6.45, 7) is 0. The van der Waals surface area contributed by atoms with E-state index in [2.05, 4.69) is 5.32 Å². The molecule has 4 rings (SSSR count). The van der Waals surface area contributed by atoms with E-state index in [-0.39, 0.29) is 5.91 Å². The molecule has 0 unspecified atom stereocenters. The van der Waals surface area contributed by atoms with Gasteiger partial charge >= 0.3 is 0 Å². The minimum atomic E-state index is -0.276. The molecule has 4 aromatic rings. The Hall–Kier alpha value is -3.93. The Balaban J connectivity index is 1.56. The summed E-state index contributed by atoms with van der Waals surface area (Å²) in [4.78, 5) is 12.4. The van der Waals surface area contributed by atoms with Crippen molar-refractivity contribution in [3.05, 3.63) is 66.2 Å². The van der Waals surface area contributed by atoms with Gasteiger partial charge in [-0.1, -0.05) is 18.2 Å². The highest BCUT2D eigenvalue weighted by molar-refractivity contribution is 6.07. The summed E-state index contributed by atoms with van der Waals surface area (Å²) in [6.07, 6.45) is 3.10. The van der Waals surface area contributed by atoms with Crippen LogP contribution in [0.2, 0.25) is 0 Å². The molecule has 6 heteroatoms. The van der Waals surface area contributed by atoms with Gasteiger partial charge in [-0.05, 0) is 36.4 Å². The molecule has 0 saturated heterocycles. The summed E-state index contributed by atoms with van der Waals surface area (Å²) in [5, 5.41) is 4.91. The maximum Gasteiger partial charge on any atom is 0.248 e. The van der Waals surface area contributed by atoms with Crippen molar-refractivity contribution in [1.82, 2.24) is 0 Å². The van der Waals surface area contributed by atoms with Crippen LogP contribution in [0.15, 0.2) is 65.1 Å². The largest absolute Gasteiger partial charge is 0.493 e. The minimum absolute atomic E-state index is 0.276. The molecule has 0 fully saturated rings. The van der Waals surface area contributed by atoms with E-state index in [1.807, 2.05) is 42.5 Å². The highest BCUT2D eigenvalue weighted by atomic mass is 16.5. The first kappa shape index (κ1) is 19.4. The van der Waals surface area contributed by atoms with Crippen molar-refractivity contribution in [2.24, 2.45) is 0 Å². The van der Waals surface area contributed by atoms with Gasteiger partial charge in [0.05, 0.1) is 21.3 Å². The SMILES string of the molecule is COc1ccc(/C=C/C(=O)Nc2ccc3c(c2)oc2ccccc23)c(OC)c1OC. The molecular formula is C24H21NO5. The Labute approximate surface area is 173 Å². The predicted octanol–water partition coefficient (Wildman–Crippen LogP) is 5.26. The highest BCUT2D eigenvalue weighted by Gasteiger charge is 2.14. The van der Waals surface area contributed by atoms with Gasteiger partial charge in [-0.3, -0.25) is 4.79 Å². The average molecular weight is 403 g/mol. The van der Waals surface area contributed by atoms with E-state index in [9.17, 15) is 4.79 Å². The first-order chi connectivity index (χ1) is 14.6. The number of benzene rings is 3. The number of rotatable bonds is 6. The van der Waals surface area contributed by atoms with Crippen molar-refractivity contribution < 1.29 is 23.4 Å². The summed E-state index contributed by atoms with van der Waals surface area (Å²) in [5.41, 5.74) is 2.88. The Bertz CT molecular complexity index is 1260. The smallest absolute Gasteiger partial charge is 0.248 e. The number of fused-ring (bicyclic) bond motifs is 3. The van der Waals surface area contributed by atoms with Crippen molar-refractivity contribution in [3.8, 4) is 17.2 Å². The molecule has 1 heterocycles. The van der Waals surface area contributed by atoms with Crippen LogP contribution in [0.25, 0.3) is 28.0 Å². The van der Waals surface area contributed by atoms with Gasteiger partial charge in [0.1, 0.15) is 11.2 Å². The fourth-order valence-corrected chi connectivity index (χ4v) is 3.41. The number of para-hydroxylation sites is 1. The normalized spacial score (nSPS) is 11.2. The van der Waals surface area contributed by atoms with E-state index in [4.69, 9.17) is 18.6 Å². The molecule has 0 aliphatic rings. The van der Waals surface area contributed by atoms with Crippen LogP contribution in [-0.4, -0.2) is 27.2 Å². The van der Waals surface area contributed by atoms with Gasteiger partial charge in [-0.15, -0.1) is 0 Å². The van der Waals surface area contributed by atoms with E-state index >= 15 is 0 Å². The molecule has 3 aromatic carbocycles. The van der Waals surface area contributed by atoms with Crippen molar-refractivity contribution in [3.63, 3.8) is 0 Å². The maximum atomic E-state index is 12.4. The minimum Gasteiger partial charge on any atom is -0.493 e. The van der Waals surface area contributed by atoms with E-state index in [1.54, 1.807) is 25.3 Å². The molecule has 0 bridgehead atoms. The number of hydrogen-bond donors (Lipinski definition) is 1. The zero-order chi connectivity index (χ0) is 21.1. The van der Waals surface area contributed by atoms with Crippen LogP contribution in [0.1, 0.15) is 5.56 Å². The van der Waals surface area contributed by atoms with Crippen molar-refractivity contribution in [2.45, 2.75) is 0 Å². The van der Waals surface area contributed by atoms with Crippen LogP contribution in [0, 0.1) is 0 Å². The number of furan rings is 1. The van der Waals surface area contributed by atoms with Gasteiger partial charge in [0.2, 0.25) is 11.7 Å². The Morgan fingerprint density at radius 2 is 1.63 bits per heavy atom. The third-order valence-electron chi connectivity index (χ3n) is 4.80. The summed E-state index contributed by atoms with van der Waals surface area (Å²) in [7, 11) is 4.63. The monoisotopic (exact) mass is 403 g/mol. The fraction of sp³-hybridized carbons (Fsp3) is 0.125. The summed E-state index contributed by atoms with van der Waals surface area (Å²) < 4.78 is 22.0. The Kier molecular flexibility index (Phi) is 5.30. The molecule has 0 aliphatic heterocycles. The molecule has 0 radical (unpaired) electrons. The molecule has 30 heavy (non-hydrogen) atoms. The number of methoxy groups -OCH3 is 3. The van der Waals surface area contributed by atoms with E-state index in [0.29, 0.717) is 28.5 Å². The first-order valence-corrected chi connectivity index (χ1v) is 9.34. The van der Waals surface area contributed by atoms with Crippen molar-refractivity contribution >= 4 is 39.6 Å². The second-order valence-corrected chi connectivity index (χ2v) is 6.56. The summed E-state index contributed by atoms with van der Waals surface area (Å²) in [6, 6.07) is 17.0. The number of carbonyl (C=O) groups excluding carboxylic acids is 1. The van der Waals surface area contributed by atoms with E-state index in [1.165, 1.54) is 20.3 Å². The lowest BCUT2D eigenvalue weighted by Gasteiger charge is -2.13. The Morgan fingerprint density at radius 3 is 2.40 bits per heavy atom. The maximum absolute atomic E-state index is 12.4. The van der Waals surface area contributed by atoms with Gasteiger partial charge in [0.25, 0.3) is 0 Å². The van der Waals surface area contributed by atoms with Gasteiger partial charge in [0, 0.05) is 34.2 Å². The molecule has 0 spiro atoms. The third kappa shape index (κ3) is 3.55. The van der Waals surface area contributed by atoms with Gasteiger partial charge in [0.15, 0.2) is 11.5 Å². The standard InChI is InChI=1S/C24H21NO5/c1-27-20-12-8-15(23(28-2)24(20)29-3)9-13-22(26)25-16-10-11-18-17-6-4-5-7-19(17)30-21(18)14-16/h4-14H,1-3H3,(H,25,26)/b13-9+. The quantitative estimate of drug-likeness (QED) is 0.445. The van der Waals surface area contributed by atoms with Gasteiger partial charge in [-0.2, -0.15) is 0 Å². The first-order valence-electron chi connectivity index (χ1n) is 9.34. The van der Waals surface area contributed by atoms with Gasteiger partial charge in [-0.25, -0.2) is 0 Å². The molecular weight excluding hydrogens is 382 g/mol. The highest BCUT2D eigenvalue weighted by Crippen LogP contribution is 2.40. The molecule has 0 aliphatic carbocycles. The third-order valence-corrected chi connectivity index (χ3v) is 4.80. The molecule has 1 amide bonds. The lowest BCUT2D eigenvalue weighted by Crippen LogP contribution is -2.07. The van der Waals surface area contributed by atoms with Crippen LogP contribution in [-0.2, 0) is 4.79 Å². The van der Waals surface area contributed by atoms with Gasteiger partial charge < -0.3 is 23.9 Å². The predicted molar refractivity (Wildman–Crippen MR) is 117 cm³/mol. The molecule has 1 N–H and O–H groups in total. The number of carbonyl (C=O) groups is 1. The number of amides is 1. The van der Waals surface area contributed by atoms with Crippen LogP contribution in [0.3, 0.4) is 0 Å². The van der Waals surface area contributed by atoms with Crippen LogP contribution < -0.4 is 19.5 Å². The second-order valence-electron chi connectivity index (χ2n) is 6.56. The van der Waals surface area contributed by atoms with E-state index < -0.39 is 0 Å². The Morgan fingerprint density at radius 1 is 0.867 bits per heavy atom. The number of ether oxygens (including phenoxy) is 3. The lowest BCUT2D eigenvalue weighted by molar-refractivity contribution is -0.111. The second kappa shape index (κ2) is 8.21. The molecule has 0 atom stereocenters. The molecule has 6 nitrogen and oxygen atoms in total. The fourth-order valence-electron chi connectivity index (χ4n) is 3.41. The van der Waals surface area contributed by atoms with Crippen LogP contribution in [0.4, 0.5) is 5.69 Å². The summed E-state index contributed by atoms with van der Waals surface area (Å²) in [5.74, 6) is 1.24. The molecule has 0 saturated carbocycles. The van der Waals surface area contributed by atoms with Crippen LogP contribution >= 0.6 is 0 Å². The zero-order valence-corrected chi connectivity index (χ0v) is 16.9. The number of anilines is 1. The van der Waals surface area contributed by atoms with Crippen molar-refractivity contribution in [2.75, 3.05) is 26.6 Å². The average Bonchev–Trinajstić information content (AvgIpc) is 3.14. The van der Waals surface area contributed by atoms with E-state index in [0.717, 1.165) is 21.9 Å². The van der Waals surface area contributed by atoms with Crippen LogP contribution in [0.5, 0.6) is 17.2 Å². The summed E-state index contributed by atoms with van der Waals surface area (Å²) >= 11 is 0. The number of nitrogens with one attached hydrogen (secondary N) is 1. The van der Waals surface area contributed by atoms with Crippen molar-refractivity contribution in [1.29, 1.82) is 0 Å². The molecule has 152 valence electrons.